The Morgan fingerprint density at radius 2 is 1.77 bits per heavy atom. The van der Waals surface area contributed by atoms with Crippen molar-refractivity contribution in [1.29, 1.82) is 0 Å². The molecule has 1 fully saturated rings. The summed E-state index contributed by atoms with van der Waals surface area (Å²) in [7, 11) is 0. The normalized spacial score (nSPS) is 21.7. The van der Waals surface area contributed by atoms with Crippen LogP contribution in [0.1, 0.15) is 34.6 Å². The summed E-state index contributed by atoms with van der Waals surface area (Å²) < 4.78 is 0. The van der Waals surface area contributed by atoms with E-state index in [4.69, 9.17) is 0 Å². The van der Waals surface area contributed by atoms with Gasteiger partial charge in [0.2, 0.25) is 0 Å². The Balaban J connectivity index is 2.36. The Morgan fingerprint density at radius 3 is 2.15 bits per heavy atom. The Kier molecular flexibility index (Phi) is 3.36. The van der Waals surface area contributed by atoms with Gasteiger partial charge in [-0.25, -0.2) is 0 Å². The molecule has 0 saturated carbocycles. The summed E-state index contributed by atoms with van der Waals surface area (Å²) in [6.07, 6.45) is 0. The maximum absolute atomic E-state index is 2.55. The Labute approximate surface area is 82.9 Å². The second kappa shape index (κ2) is 3.97. The van der Waals surface area contributed by atoms with Crippen LogP contribution in [0.2, 0.25) is 0 Å². The van der Waals surface area contributed by atoms with Gasteiger partial charge in [0.1, 0.15) is 0 Å². The fourth-order valence-corrected chi connectivity index (χ4v) is 1.86. The first-order valence-electron chi connectivity index (χ1n) is 5.37. The van der Waals surface area contributed by atoms with Gasteiger partial charge < -0.3 is 0 Å². The molecule has 0 aromatic heterocycles. The van der Waals surface area contributed by atoms with E-state index in [2.05, 4.69) is 44.4 Å². The van der Waals surface area contributed by atoms with Gasteiger partial charge in [0.25, 0.3) is 0 Å². The minimum atomic E-state index is 0.339. The largest absolute Gasteiger partial charge is 0.289 e. The molecule has 13 heavy (non-hydrogen) atoms. The van der Waals surface area contributed by atoms with Crippen LogP contribution in [0.15, 0.2) is 0 Å². The lowest BCUT2D eigenvalue weighted by molar-refractivity contribution is 0.135. The van der Waals surface area contributed by atoms with Crippen LogP contribution in [-0.4, -0.2) is 41.6 Å². The van der Waals surface area contributed by atoms with Crippen molar-refractivity contribution in [3.05, 3.63) is 0 Å². The smallest absolute Gasteiger partial charge is 0.0512 e. The summed E-state index contributed by atoms with van der Waals surface area (Å²) in [5.41, 5.74) is 0.339. The van der Waals surface area contributed by atoms with Gasteiger partial charge in [-0.2, -0.15) is 0 Å². The molecule has 0 aromatic carbocycles. The lowest BCUT2D eigenvalue weighted by Gasteiger charge is -2.31. The fourth-order valence-electron chi connectivity index (χ4n) is 1.86. The lowest BCUT2D eigenvalue weighted by Crippen LogP contribution is -2.41. The predicted octanol–water partition coefficient (Wildman–Crippen LogP) is 2.02. The molecule has 0 atom stereocenters. The highest BCUT2D eigenvalue weighted by atomic mass is 15.4. The van der Waals surface area contributed by atoms with E-state index in [0.717, 1.165) is 12.6 Å². The van der Waals surface area contributed by atoms with Crippen molar-refractivity contribution in [3.63, 3.8) is 0 Å². The highest BCUT2D eigenvalue weighted by Crippen LogP contribution is 2.18. The van der Waals surface area contributed by atoms with Crippen molar-refractivity contribution >= 4 is 0 Å². The van der Waals surface area contributed by atoms with Crippen LogP contribution in [0.25, 0.3) is 0 Å². The molecular formula is C11H24N2. The zero-order valence-corrected chi connectivity index (χ0v) is 9.80. The second-order valence-corrected chi connectivity index (χ2v) is 5.55. The Morgan fingerprint density at radius 1 is 1.15 bits per heavy atom. The molecule has 1 rings (SSSR count). The third kappa shape index (κ3) is 3.28. The van der Waals surface area contributed by atoms with E-state index in [9.17, 15) is 0 Å². The molecule has 1 aliphatic heterocycles. The van der Waals surface area contributed by atoms with Crippen molar-refractivity contribution in [2.24, 2.45) is 5.92 Å². The number of hydrogen-bond acceptors (Lipinski definition) is 2. The average molecular weight is 184 g/mol. The molecule has 78 valence electrons. The standard InChI is InChI=1S/C11H24N2/c1-10(2)8-12-6-7-13(9-12)11(3,4)5/h10H,6-9H2,1-5H3. The van der Waals surface area contributed by atoms with Crippen molar-refractivity contribution in [2.75, 3.05) is 26.3 Å². The third-order valence-electron chi connectivity index (χ3n) is 2.63. The van der Waals surface area contributed by atoms with Crippen molar-refractivity contribution in [2.45, 2.75) is 40.2 Å². The van der Waals surface area contributed by atoms with Gasteiger partial charge in [0, 0.05) is 25.2 Å². The lowest BCUT2D eigenvalue weighted by atomic mass is 10.1. The van der Waals surface area contributed by atoms with Crippen LogP contribution in [0.5, 0.6) is 0 Å². The summed E-state index contributed by atoms with van der Waals surface area (Å²) in [5, 5.41) is 0. The molecule has 0 unspecified atom stereocenters. The molecule has 0 amide bonds. The first kappa shape index (κ1) is 11.0. The molecule has 0 bridgehead atoms. The minimum Gasteiger partial charge on any atom is -0.289 e. The van der Waals surface area contributed by atoms with Gasteiger partial charge in [-0.05, 0) is 26.7 Å². The molecular weight excluding hydrogens is 160 g/mol. The van der Waals surface area contributed by atoms with E-state index in [-0.39, 0.29) is 0 Å². The van der Waals surface area contributed by atoms with Gasteiger partial charge >= 0.3 is 0 Å². The second-order valence-electron chi connectivity index (χ2n) is 5.55. The molecule has 0 aromatic rings. The van der Waals surface area contributed by atoms with Crippen molar-refractivity contribution in [1.82, 2.24) is 9.80 Å². The molecule has 2 nitrogen and oxygen atoms in total. The van der Waals surface area contributed by atoms with Crippen molar-refractivity contribution in [3.8, 4) is 0 Å². The van der Waals surface area contributed by atoms with Crippen LogP contribution in [0.4, 0.5) is 0 Å². The topological polar surface area (TPSA) is 6.48 Å². The van der Waals surface area contributed by atoms with Crippen LogP contribution in [-0.2, 0) is 0 Å². The van der Waals surface area contributed by atoms with E-state index in [1.807, 2.05) is 0 Å². The highest BCUT2D eigenvalue weighted by molar-refractivity contribution is 4.82. The first-order valence-corrected chi connectivity index (χ1v) is 5.37. The summed E-state index contributed by atoms with van der Waals surface area (Å²) in [6.45, 7) is 16.4. The first-order chi connectivity index (χ1) is 5.89. The van der Waals surface area contributed by atoms with E-state index in [1.54, 1.807) is 0 Å². The maximum Gasteiger partial charge on any atom is 0.0512 e. The highest BCUT2D eigenvalue weighted by Gasteiger charge is 2.28. The zero-order valence-electron chi connectivity index (χ0n) is 9.80. The van der Waals surface area contributed by atoms with Gasteiger partial charge in [-0.15, -0.1) is 0 Å². The third-order valence-corrected chi connectivity index (χ3v) is 2.63. The average Bonchev–Trinajstić information content (AvgIpc) is 2.32. The SMILES string of the molecule is CC(C)CN1CCN(C(C)(C)C)C1. The van der Waals surface area contributed by atoms with Crippen LogP contribution in [0.3, 0.4) is 0 Å². The van der Waals surface area contributed by atoms with E-state index >= 15 is 0 Å². The summed E-state index contributed by atoms with van der Waals surface area (Å²) in [4.78, 5) is 5.10. The summed E-state index contributed by atoms with van der Waals surface area (Å²) in [5.74, 6) is 0.792. The minimum absolute atomic E-state index is 0.339. The Hall–Kier alpha value is -0.0800. The van der Waals surface area contributed by atoms with Gasteiger partial charge in [0.05, 0.1) is 6.67 Å². The predicted molar refractivity (Wildman–Crippen MR) is 57.7 cm³/mol. The molecule has 2 heteroatoms. The summed E-state index contributed by atoms with van der Waals surface area (Å²) >= 11 is 0. The molecule has 1 aliphatic rings. The molecule has 1 heterocycles. The van der Waals surface area contributed by atoms with Gasteiger partial charge in [0.15, 0.2) is 0 Å². The van der Waals surface area contributed by atoms with E-state index < -0.39 is 0 Å². The quantitative estimate of drug-likeness (QED) is 0.648. The van der Waals surface area contributed by atoms with Gasteiger partial charge in [-0.1, -0.05) is 13.8 Å². The fraction of sp³-hybridized carbons (Fsp3) is 1.00. The summed E-state index contributed by atoms with van der Waals surface area (Å²) in [6, 6.07) is 0. The molecule has 1 saturated heterocycles. The molecule has 0 N–H and O–H groups in total. The molecule has 0 aliphatic carbocycles. The Bertz CT molecular complexity index is 158. The van der Waals surface area contributed by atoms with E-state index in [0.29, 0.717) is 5.54 Å². The number of rotatable bonds is 2. The van der Waals surface area contributed by atoms with Crippen molar-refractivity contribution < 1.29 is 0 Å². The zero-order chi connectivity index (χ0) is 10.1. The monoisotopic (exact) mass is 184 g/mol. The van der Waals surface area contributed by atoms with Crippen LogP contribution < -0.4 is 0 Å². The number of hydrogen-bond donors (Lipinski definition) is 0. The maximum atomic E-state index is 2.55. The van der Waals surface area contributed by atoms with Crippen LogP contribution >= 0.6 is 0 Å². The number of nitrogens with zero attached hydrogens (tertiary/aromatic N) is 2. The van der Waals surface area contributed by atoms with Gasteiger partial charge in [-0.3, -0.25) is 9.80 Å². The van der Waals surface area contributed by atoms with Crippen LogP contribution in [0, 0.1) is 5.92 Å². The molecule has 0 spiro atoms. The van der Waals surface area contributed by atoms with E-state index in [1.165, 1.54) is 19.6 Å². The molecule has 0 radical (unpaired) electrons.